The largest absolute Gasteiger partial charge is 0.351 e. The van der Waals surface area contributed by atoms with Crippen LogP contribution in [0.5, 0.6) is 0 Å². The van der Waals surface area contributed by atoms with Crippen LogP contribution in [0.4, 0.5) is 5.95 Å². The minimum Gasteiger partial charge on any atom is -0.351 e. The molecule has 0 spiro atoms. The van der Waals surface area contributed by atoms with E-state index in [9.17, 15) is 13.2 Å². The van der Waals surface area contributed by atoms with Gasteiger partial charge in [-0.25, -0.2) is 13.4 Å². The molecule has 2 aromatic heterocycles. The Morgan fingerprint density at radius 2 is 1.86 bits per heavy atom. The molecule has 4 rings (SSSR count). The maximum Gasteiger partial charge on any atom is 0.252 e. The van der Waals surface area contributed by atoms with Crippen LogP contribution >= 0.6 is 0 Å². The summed E-state index contributed by atoms with van der Waals surface area (Å²) in [6.07, 6.45) is 8.95. The fraction of sp³-hybridized carbons (Fsp3) is 0.550. The van der Waals surface area contributed by atoms with Crippen molar-refractivity contribution in [2.75, 3.05) is 18.4 Å². The maximum atomic E-state index is 12.5. The molecule has 0 aromatic carbocycles. The summed E-state index contributed by atoms with van der Waals surface area (Å²) in [4.78, 5) is 21.6. The highest BCUT2D eigenvalue weighted by molar-refractivity contribution is 7.92. The first kappa shape index (κ1) is 20.0. The zero-order valence-corrected chi connectivity index (χ0v) is 17.4. The number of pyridine rings is 1. The van der Waals surface area contributed by atoms with E-state index < -0.39 is 10.0 Å². The van der Waals surface area contributed by atoms with Gasteiger partial charge in [-0.05, 0) is 38.7 Å². The van der Waals surface area contributed by atoms with Gasteiger partial charge in [-0.1, -0.05) is 18.9 Å². The molecule has 2 aliphatic rings. The van der Waals surface area contributed by atoms with E-state index in [1.54, 1.807) is 31.3 Å². The Kier molecular flexibility index (Phi) is 5.69. The number of fused-ring (bicyclic) bond motifs is 1. The average Bonchev–Trinajstić information content (AvgIpc) is 3.22. The highest BCUT2D eigenvalue weighted by atomic mass is 32.2. The molecule has 1 N–H and O–H groups in total. The molecule has 0 unspecified atom stereocenters. The lowest BCUT2D eigenvalue weighted by molar-refractivity contribution is 0.332. The summed E-state index contributed by atoms with van der Waals surface area (Å²) in [7, 11) is -3.32. The number of sulfonamides is 1. The van der Waals surface area contributed by atoms with Crippen LogP contribution in [0.2, 0.25) is 0 Å². The molecule has 156 valence electrons. The van der Waals surface area contributed by atoms with Gasteiger partial charge in [0.15, 0.2) is 0 Å². The third-order valence-corrected chi connectivity index (χ3v) is 7.51. The van der Waals surface area contributed by atoms with Gasteiger partial charge in [0.05, 0.1) is 0 Å². The molecule has 8 nitrogen and oxygen atoms in total. The summed E-state index contributed by atoms with van der Waals surface area (Å²) < 4.78 is 27.6. The summed E-state index contributed by atoms with van der Waals surface area (Å²) in [5.41, 5.74) is 0.659. The van der Waals surface area contributed by atoms with Gasteiger partial charge in [0, 0.05) is 48.2 Å². The molecular formula is C20H27N5O3S. The summed E-state index contributed by atoms with van der Waals surface area (Å²) in [6, 6.07) is 3.67. The second kappa shape index (κ2) is 8.23. The fourth-order valence-corrected chi connectivity index (χ4v) is 5.55. The van der Waals surface area contributed by atoms with Crippen molar-refractivity contribution in [1.29, 1.82) is 0 Å². The fourth-order valence-electron chi connectivity index (χ4n) is 4.32. The lowest BCUT2D eigenvalue weighted by Crippen LogP contribution is -2.41. The Morgan fingerprint density at radius 3 is 2.55 bits per heavy atom. The monoisotopic (exact) mass is 417 g/mol. The molecule has 0 atom stereocenters. The number of allylic oxidation sites excluding steroid dienone is 1. The quantitative estimate of drug-likeness (QED) is 0.803. The number of rotatable bonds is 5. The first-order valence-electron chi connectivity index (χ1n) is 10.3. The molecule has 3 heterocycles. The van der Waals surface area contributed by atoms with E-state index in [2.05, 4.69) is 15.3 Å². The van der Waals surface area contributed by atoms with Crippen LogP contribution in [0.1, 0.15) is 51.5 Å². The molecule has 1 saturated carbocycles. The van der Waals surface area contributed by atoms with Crippen molar-refractivity contribution in [3.8, 4) is 0 Å². The van der Waals surface area contributed by atoms with Gasteiger partial charge in [-0.3, -0.25) is 9.36 Å². The second-order valence-corrected chi connectivity index (χ2v) is 9.60. The Balaban J connectivity index is 1.52. The van der Waals surface area contributed by atoms with Crippen LogP contribution in [-0.4, -0.2) is 46.4 Å². The second-order valence-electron chi connectivity index (χ2n) is 7.78. The number of piperidine rings is 1. The number of hydrogen-bond donors (Lipinski definition) is 1. The van der Waals surface area contributed by atoms with Crippen molar-refractivity contribution in [2.45, 2.75) is 57.5 Å². The summed E-state index contributed by atoms with van der Waals surface area (Å²) in [6.45, 7) is 2.63. The average molecular weight is 418 g/mol. The van der Waals surface area contributed by atoms with Crippen LogP contribution in [0.15, 0.2) is 34.6 Å². The van der Waals surface area contributed by atoms with Crippen molar-refractivity contribution in [3.05, 3.63) is 40.2 Å². The normalized spacial score (nSPS) is 20.0. The predicted molar refractivity (Wildman–Crippen MR) is 113 cm³/mol. The Bertz CT molecular complexity index is 1070. The number of nitrogens with one attached hydrogen (secondary N) is 1. The summed E-state index contributed by atoms with van der Waals surface area (Å²) in [5.74, 6) is 0.490. The lowest BCUT2D eigenvalue weighted by atomic mass is 10.1. The third-order valence-electron chi connectivity index (χ3n) is 5.81. The lowest BCUT2D eigenvalue weighted by Gasteiger charge is -2.30. The molecule has 2 fully saturated rings. The van der Waals surface area contributed by atoms with Gasteiger partial charge in [0.25, 0.3) is 5.56 Å². The van der Waals surface area contributed by atoms with Crippen molar-refractivity contribution in [2.24, 2.45) is 0 Å². The highest BCUT2D eigenvalue weighted by Crippen LogP contribution is 2.30. The number of nitrogens with zero attached hydrogens (tertiary/aromatic N) is 4. The SMILES string of the molecule is C/C=C/S(=O)(=O)N1CCC(Nc2ncc3ccc(=O)n(C4CCCC4)c3n2)CC1. The van der Waals surface area contributed by atoms with Crippen molar-refractivity contribution >= 4 is 27.0 Å². The van der Waals surface area contributed by atoms with Gasteiger partial charge in [0.1, 0.15) is 5.65 Å². The molecule has 2 aromatic rings. The van der Waals surface area contributed by atoms with Gasteiger partial charge >= 0.3 is 0 Å². The van der Waals surface area contributed by atoms with E-state index in [1.165, 1.54) is 9.71 Å². The van der Waals surface area contributed by atoms with Crippen LogP contribution in [0.25, 0.3) is 11.0 Å². The number of anilines is 1. The van der Waals surface area contributed by atoms with Crippen molar-refractivity contribution < 1.29 is 8.42 Å². The van der Waals surface area contributed by atoms with Crippen LogP contribution in [0, 0.1) is 0 Å². The maximum absolute atomic E-state index is 12.5. The summed E-state index contributed by atoms with van der Waals surface area (Å²) in [5, 5.41) is 5.44. The molecular weight excluding hydrogens is 390 g/mol. The Labute approximate surface area is 170 Å². The van der Waals surface area contributed by atoms with E-state index in [1.807, 2.05) is 4.57 Å². The number of aromatic nitrogens is 3. The molecule has 0 bridgehead atoms. The van der Waals surface area contributed by atoms with E-state index in [0.717, 1.165) is 31.1 Å². The van der Waals surface area contributed by atoms with Crippen molar-refractivity contribution in [3.63, 3.8) is 0 Å². The molecule has 1 aliphatic carbocycles. The molecule has 1 aliphatic heterocycles. The van der Waals surface area contributed by atoms with Crippen LogP contribution in [-0.2, 0) is 10.0 Å². The number of hydrogen-bond acceptors (Lipinski definition) is 6. The van der Waals surface area contributed by atoms with E-state index in [0.29, 0.717) is 37.5 Å². The van der Waals surface area contributed by atoms with Crippen molar-refractivity contribution in [1.82, 2.24) is 18.8 Å². The smallest absolute Gasteiger partial charge is 0.252 e. The predicted octanol–water partition coefficient (Wildman–Crippen LogP) is 2.65. The molecule has 1 saturated heterocycles. The third kappa shape index (κ3) is 4.20. The van der Waals surface area contributed by atoms with Crippen LogP contribution < -0.4 is 10.9 Å². The first-order chi connectivity index (χ1) is 14.0. The van der Waals surface area contributed by atoms with Gasteiger partial charge in [0.2, 0.25) is 16.0 Å². The minimum absolute atomic E-state index is 0.0171. The standard InChI is InChI=1S/C20H27N5O3S/c1-2-13-29(27,28)24-11-9-16(10-12-24)22-20-21-14-15-7-8-18(26)25(19(15)23-20)17-5-3-4-6-17/h2,7-8,13-14,16-17H,3-6,9-12H2,1H3,(H,21,22,23)/b13-2+. The minimum atomic E-state index is -3.32. The zero-order chi connectivity index (χ0) is 20.4. The van der Waals surface area contributed by atoms with E-state index in [4.69, 9.17) is 0 Å². The Hall–Kier alpha value is -2.26. The van der Waals surface area contributed by atoms with E-state index in [-0.39, 0.29) is 17.6 Å². The molecule has 29 heavy (non-hydrogen) atoms. The van der Waals surface area contributed by atoms with Gasteiger partial charge in [-0.2, -0.15) is 9.29 Å². The van der Waals surface area contributed by atoms with E-state index >= 15 is 0 Å². The molecule has 0 amide bonds. The zero-order valence-electron chi connectivity index (χ0n) is 16.6. The van der Waals surface area contributed by atoms with Gasteiger partial charge in [-0.15, -0.1) is 0 Å². The first-order valence-corrected chi connectivity index (χ1v) is 11.8. The van der Waals surface area contributed by atoms with Crippen LogP contribution in [0.3, 0.4) is 0 Å². The Morgan fingerprint density at radius 1 is 1.14 bits per heavy atom. The molecule has 9 heteroatoms. The summed E-state index contributed by atoms with van der Waals surface area (Å²) >= 11 is 0. The molecule has 0 radical (unpaired) electrons. The highest BCUT2D eigenvalue weighted by Gasteiger charge is 2.27. The topological polar surface area (TPSA) is 97.2 Å². The van der Waals surface area contributed by atoms with Gasteiger partial charge < -0.3 is 5.32 Å².